The van der Waals surface area contributed by atoms with Crippen LogP contribution < -0.4 is 5.73 Å². The molecule has 0 bridgehead atoms. The molecule has 0 aliphatic heterocycles. The third-order valence-electron chi connectivity index (χ3n) is 4.04. The molecule has 3 aromatic rings. The van der Waals surface area contributed by atoms with Gasteiger partial charge in [-0.25, -0.2) is 0 Å². The zero-order valence-corrected chi connectivity index (χ0v) is 12.5. The average Bonchev–Trinajstić information content (AvgIpc) is 3.03. The highest BCUT2D eigenvalue weighted by Gasteiger charge is 2.50. The van der Waals surface area contributed by atoms with Gasteiger partial charge in [0, 0.05) is 4.88 Å². The second-order valence-electron chi connectivity index (χ2n) is 5.51. The fourth-order valence-corrected chi connectivity index (χ4v) is 3.53. The summed E-state index contributed by atoms with van der Waals surface area (Å²) >= 11 is 1.54. The second kappa shape index (κ2) is 4.43. The third kappa shape index (κ3) is 1.96. The summed E-state index contributed by atoms with van der Waals surface area (Å²) in [5, 5.41) is 4.95. The van der Waals surface area contributed by atoms with Crippen LogP contribution in [0.5, 0.6) is 0 Å². The fraction of sp³-hybridized carbons (Fsp3) is 0.250. The Kier molecular flexibility index (Phi) is 2.65. The topological polar surface area (TPSA) is 64.9 Å². The van der Waals surface area contributed by atoms with Crippen LogP contribution >= 0.6 is 11.3 Å². The molecule has 0 spiro atoms. The van der Waals surface area contributed by atoms with Gasteiger partial charge in [-0.1, -0.05) is 35.5 Å². The van der Waals surface area contributed by atoms with Crippen LogP contribution in [0.25, 0.3) is 11.5 Å². The van der Waals surface area contributed by atoms with Crippen molar-refractivity contribution in [1.29, 1.82) is 0 Å². The first kappa shape index (κ1) is 12.6. The van der Waals surface area contributed by atoms with Crippen molar-refractivity contribution < 1.29 is 4.52 Å². The van der Waals surface area contributed by atoms with Crippen LogP contribution in [0.2, 0.25) is 0 Å². The Morgan fingerprint density at radius 3 is 2.62 bits per heavy atom. The molecular weight excluding hydrogens is 282 g/mol. The predicted octanol–water partition coefficient (Wildman–Crippen LogP) is 3.77. The predicted molar refractivity (Wildman–Crippen MR) is 83.2 cm³/mol. The highest BCUT2D eigenvalue weighted by Crippen LogP contribution is 2.52. The van der Waals surface area contributed by atoms with E-state index in [1.165, 1.54) is 5.56 Å². The molecule has 1 fully saturated rings. The number of hydrogen-bond donors (Lipinski definition) is 1. The molecule has 1 aliphatic carbocycles. The minimum atomic E-state index is -0.0666. The number of thiophene rings is 1. The van der Waals surface area contributed by atoms with Gasteiger partial charge < -0.3 is 10.3 Å². The SMILES string of the molecule is Cc1cc(-c2nc(C3(c4ccccc4)CC3)no2)c(N)s1. The van der Waals surface area contributed by atoms with Gasteiger partial charge in [0.1, 0.15) is 0 Å². The minimum Gasteiger partial charge on any atom is -0.390 e. The van der Waals surface area contributed by atoms with E-state index in [1.54, 1.807) is 11.3 Å². The number of hydrogen-bond acceptors (Lipinski definition) is 5. The van der Waals surface area contributed by atoms with Crippen molar-refractivity contribution in [2.24, 2.45) is 0 Å². The molecule has 1 aliphatic rings. The lowest BCUT2D eigenvalue weighted by Gasteiger charge is -2.09. The molecule has 5 heteroatoms. The molecule has 21 heavy (non-hydrogen) atoms. The first-order valence-electron chi connectivity index (χ1n) is 6.95. The smallest absolute Gasteiger partial charge is 0.260 e. The maximum Gasteiger partial charge on any atom is 0.260 e. The van der Waals surface area contributed by atoms with E-state index >= 15 is 0 Å². The summed E-state index contributed by atoms with van der Waals surface area (Å²) in [5.74, 6) is 1.29. The van der Waals surface area contributed by atoms with E-state index in [1.807, 2.05) is 19.1 Å². The van der Waals surface area contributed by atoms with Gasteiger partial charge in [0.25, 0.3) is 5.89 Å². The van der Waals surface area contributed by atoms with Gasteiger partial charge in [-0.05, 0) is 31.4 Å². The summed E-state index contributed by atoms with van der Waals surface area (Å²) < 4.78 is 5.46. The lowest BCUT2D eigenvalue weighted by atomic mass is 9.95. The molecule has 106 valence electrons. The summed E-state index contributed by atoms with van der Waals surface area (Å²) in [6.45, 7) is 2.02. The van der Waals surface area contributed by atoms with Gasteiger partial charge in [-0.2, -0.15) is 4.98 Å². The van der Waals surface area contributed by atoms with E-state index in [0.717, 1.165) is 34.1 Å². The number of nitrogens with zero attached hydrogens (tertiary/aromatic N) is 2. The summed E-state index contributed by atoms with van der Waals surface area (Å²) in [7, 11) is 0. The highest BCUT2D eigenvalue weighted by molar-refractivity contribution is 7.16. The van der Waals surface area contributed by atoms with Gasteiger partial charge in [0.05, 0.1) is 16.0 Å². The summed E-state index contributed by atoms with van der Waals surface area (Å²) in [6, 6.07) is 12.4. The fourth-order valence-electron chi connectivity index (χ4n) is 2.75. The minimum absolute atomic E-state index is 0.0666. The zero-order chi connectivity index (χ0) is 14.4. The Morgan fingerprint density at radius 2 is 2.00 bits per heavy atom. The Balaban J connectivity index is 1.74. The maximum absolute atomic E-state index is 6.01. The van der Waals surface area contributed by atoms with Gasteiger partial charge >= 0.3 is 0 Å². The number of aryl methyl sites for hydroxylation is 1. The van der Waals surface area contributed by atoms with Crippen molar-refractivity contribution in [3.8, 4) is 11.5 Å². The molecule has 0 amide bonds. The summed E-state index contributed by atoms with van der Waals surface area (Å²) in [5.41, 5.74) is 8.05. The van der Waals surface area contributed by atoms with E-state index < -0.39 is 0 Å². The van der Waals surface area contributed by atoms with Gasteiger partial charge in [-0.3, -0.25) is 0 Å². The van der Waals surface area contributed by atoms with Crippen LogP contribution in [0.15, 0.2) is 40.9 Å². The van der Waals surface area contributed by atoms with Crippen molar-refractivity contribution in [3.63, 3.8) is 0 Å². The van der Waals surface area contributed by atoms with Crippen LogP contribution in [0, 0.1) is 6.92 Å². The Morgan fingerprint density at radius 1 is 1.24 bits per heavy atom. The number of nitrogens with two attached hydrogens (primary N) is 1. The Bertz CT molecular complexity index is 787. The van der Waals surface area contributed by atoms with Crippen molar-refractivity contribution in [2.75, 3.05) is 5.73 Å². The van der Waals surface area contributed by atoms with Crippen LogP contribution in [-0.4, -0.2) is 10.1 Å². The van der Waals surface area contributed by atoms with Crippen LogP contribution in [0.1, 0.15) is 29.1 Å². The molecular formula is C16H15N3OS. The molecule has 0 atom stereocenters. The van der Waals surface area contributed by atoms with E-state index in [4.69, 9.17) is 10.3 Å². The summed E-state index contributed by atoms with van der Waals surface area (Å²) in [6.07, 6.45) is 2.13. The molecule has 2 N–H and O–H groups in total. The van der Waals surface area contributed by atoms with Crippen molar-refractivity contribution in [1.82, 2.24) is 10.1 Å². The summed E-state index contributed by atoms with van der Waals surface area (Å²) in [4.78, 5) is 5.76. The van der Waals surface area contributed by atoms with Crippen LogP contribution in [-0.2, 0) is 5.41 Å². The number of nitrogen functional groups attached to an aromatic ring is 1. The van der Waals surface area contributed by atoms with Crippen LogP contribution in [0.4, 0.5) is 5.00 Å². The molecule has 0 saturated heterocycles. The molecule has 2 aromatic heterocycles. The molecule has 4 nitrogen and oxygen atoms in total. The van der Waals surface area contributed by atoms with Crippen LogP contribution in [0.3, 0.4) is 0 Å². The molecule has 1 saturated carbocycles. The monoisotopic (exact) mass is 297 g/mol. The third-order valence-corrected chi connectivity index (χ3v) is 4.92. The van der Waals surface area contributed by atoms with Crippen molar-refractivity contribution in [2.45, 2.75) is 25.2 Å². The first-order chi connectivity index (χ1) is 10.2. The van der Waals surface area contributed by atoms with E-state index in [-0.39, 0.29) is 5.41 Å². The van der Waals surface area contributed by atoms with E-state index in [2.05, 4.69) is 34.4 Å². The quantitative estimate of drug-likeness (QED) is 0.799. The van der Waals surface area contributed by atoms with Crippen molar-refractivity contribution >= 4 is 16.3 Å². The number of anilines is 1. The lowest BCUT2D eigenvalue weighted by Crippen LogP contribution is -2.10. The van der Waals surface area contributed by atoms with E-state index in [0.29, 0.717) is 5.89 Å². The Hall–Kier alpha value is -2.14. The standard InChI is InChI=1S/C16H15N3OS/c1-10-9-12(13(17)21-10)14-18-15(19-20-14)16(7-8-16)11-5-3-2-4-6-11/h2-6,9H,7-8,17H2,1H3. The normalized spacial score (nSPS) is 16.0. The molecule has 0 unspecified atom stereocenters. The molecule has 4 rings (SSSR count). The Labute approximate surface area is 126 Å². The van der Waals surface area contributed by atoms with Gasteiger partial charge in [0.15, 0.2) is 5.82 Å². The lowest BCUT2D eigenvalue weighted by molar-refractivity contribution is 0.418. The number of rotatable bonds is 3. The van der Waals surface area contributed by atoms with E-state index in [9.17, 15) is 0 Å². The molecule has 2 heterocycles. The molecule has 0 radical (unpaired) electrons. The largest absolute Gasteiger partial charge is 0.390 e. The number of aromatic nitrogens is 2. The average molecular weight is 297 g/mol. The second-order valence-corrected chi connectivity index (χ2v) is 6.79. The number of benzene rings is 1. The molecule has 1 aromatic carbocycles. The zero-order valence-electron chi connectivity index (χ0n) is 11.7. The van der Waals surface area contributed by atoms with Gasteiger partial charge in [-0.15, -0.1) is 11.3 Å². The van der Waals surface area contributed by atoms with Gasteiger partial charge in [0.2, 0.25) is 0 Å². The van der Waals surface area contributed by atoms with Crippen molar-refractivity contribution in [3.05, 3.63) is 52.7 Å². The highest BCUT2D eigenvalue weighted by atomic mass is 32.1. The maximum atomic E-state index is 6.01. The first-order valence-corrected chi connectivity index (χ1v) is 7.77.